The molecule has 3 aliphatic carbocycles. The molecule has 6 nitrogen and oxygen atoms in total. The van der Waals surface area contributed by atoms with E-state index in [0.29, 0.717) is 17.9 Å². The van der Waals surface area contributed by atoms with E-state index in [1.54, 1.807) is 12.1 Å². The fourth-order valence-electron chi connectivity index (χ4n) is 7.75. The van der Waals surface area contributed by atoms with Gasteiger partial charge in [0.05, 0.1) is 11.0 Å². The molecule has 1 aliphatic heterocycles. The Morgan fingerprint density at radius 3 is 2.61 bits per heavy atom. The van der Waals surface area contributed by atoms with Crippen LogP contribution in [-0.2, 0) is 22.8 Å². The monoisotopic (exact) mass is 565 g/mol. The summed E-state index contributed by atoms with van der Waals surface area (Å²) in [4.78, 5) is 18.6. The molecular weight excluding hydrogens is 531 g/mol. The van der Waals surface area contributed by atoms with E-state index in [1.807, 2.05) is 12.1 Å². The van der Waals surface area contributed by atoms with E-state index in [-0.39, 0.29) is 22.8 Å². The van der Waals surface area contributed by atoms with Gasteiger partial charge in [0, 0.05) is 29.6 Å². The molecule has 7 rings (SSSR count). The van der Waals surface area contributed by atoms with E-state index < -0.39 is 23.1 Å². The highest BCUT2D eigenvalue weighted by Gasteiger charge is 2.54. The number of nitrogens with zero attached hydrogens (tertiary/aromatic N) is 3. The van der Waals surface area contributed by atoms with Gasteiger partial charge in [-0.1, -0.05) is 48.7 Å². The molecule has 1 unspecified atom stereocenters. The molecule has 1 saturated heterocycles. The minimum Gasteiger partial charge on any atom is -0.481 e. The molecule has 1 atom stereocenters. The van der Waals surface area contributed by atoms with Crippen molar-refractivity contribution in [1.82, 2.24) is 15.0 Å². The van der Waals surface area contributed by atoms with Crippen molar-refractivity contribution in [2.75, 3.05) is 19.6 Å². The molecule has 2 heterocycles. The van der Waals surface area contributed by atoms with Crippen LogP contribution in [0.2, 0.25) is 0 Å². The summed E-state index contributed by atoms with van der Waals surface area (Å²) in [5, 5.41) is 13.9. The number of fused-ring (bicyclic) bond motifs is 2. The molecule has 3 fully saturated rings. The van der Waals surface area contributed by atoms with Gasteiger partial charge in [0.25, 0.3) is 5.89 Å². The minimum absolute atomic E-state index is 0.0247. The van der Waals surface area contributed by atoms with Crippen molar-refractivity contribution >= 4 is 5.97 Å². The second kappa shape index (κ2) is 9.68. The van der Waals surface area contributed by atoms with Crippen LogP contribution in [0.25, 0.3) is 22.8 Å². The second-order valence-electron chi connectivity index (χ2n) is 12.7. The molecule has 1 spiro atoms. The number of hydrogen-bond donors (Lipinski definition) is 1. The maximum absolute atomic E-state index is 14.1. The predicted octanol–water partition coefficient (Wildman–Crippen LogP) is 7.22. The van der Waals surface area contributed by atoms with Crippen LogP contribution in [0.15, 0.2) is 40.9 Å². The quantitative estimate of drug-likeness (QED) is 0.340. The third kappa shape index (κ3) is 4.66. The highest BCUT2D eigenvalue weighted by molar-refractivity contribution is 5.78. The van der Waals surface area contributed by atoms with Crippen molar-refractivity contribution in [3.63, 3.8) is 0 Å². The van der Waals surface area contributed by atoms with Crippen LogP contribution in [0.4, 0.5) is 13.2 Å². The normalized spacial score (nSPS) is 24.2. The SMILES string of the molecule is O=C(O)C1(CN2CCC3(CCc4c(-c5noc(-c6ccc(C7CCCCC7)c(C(F)(F)F)c6)n5)cccc43)C2)CC1. The van der Waals surface area contributed by atoms with Crippen LogP contribution in [0, 0.1) is 5.41 Å². The van der Waals surface area contributed by atoms with Crippen molar-refractivity contribution in [2.45, 2.75) is 81.7 Å². The van der Waals surface area contributed by atoms with Crippen LogP contribution in [-0.4, -0.2) is 45.8 Å². The number of benzene rings is 2. The summed E-state index contributed by atoms with van der Waals surface area (Å²) in [6.45, 7) is 2.32. The Balaban J connectivity index is 1.16. The van der Waals surface area contributed by atoms with Crippen LogP contribution < -0.4 is 0 Å². The Bertz CT molecular complexity index is 1490. The summed E-state index contributed by atoms with van der Waals surface area (Å²) in [5.74, 6) is -0.290. The van der Waals surface area contributed by atoms with Crippen LogP contribution in [0.1, 0.15) is 86.0 Å². The van der Waals surface area contributed by atoms with Gasteiger partial charge in [0.15, 0.2) is 0 Å². The molecule has 0 radical (unpaired) electrons. The lowest BCUT2D eigenvalue weighted by molar-refractivity contribution is -0.144. The molecule has 1 N–H and O–H groups in total. The molecule has 0 amide bonds. The number of aliphatic carboxylic acids is 1. The van der Waals surface area contributed by atoms with Gasteiger partial charge in [-0.15, -0.1) is 0 Å². The van der Waals surface area contributed by atoms with Gasteiger partial charge in [-0.3, -0.25) is 4.79 Å². The highest BCUT2D eigenvalue weighted by atomic mass is 19.4. The first-order chi connectivity index (χ1) is 19.7. The lowest BCUT2D eigenvalue weighted by Gasteiger charge is -2.27. The molecular formula is C32H34F3N3O3. The summed E-state index contributed by atoms with van der Waals surface area (Å²) < 4.78 is 47.9. The summed E-state index contributed by atoms with van der Waals surface area (Å²) in [5.41, 5.74) is 2.70. The van der Waals surface area contributed by atoms with Crippen LogP contribution in [0.3, 0.4) is 0 Å². The first-order valence-electron chi connectivity index (χ1n) is 14.8. The van der Waals surface area contributed by atoms with Gasteiger partial charge in [-0.25, -0.2) is 0 Å². The molecule has 3 aromatic rings. The highest BCUT2D eigenvalue weighted by Crippen LogP contribution is 2.51. The van der Waals surface area contributed by atoms with Crippen LogP contribution in [0.5, 0.6) is 0 Å². The number of halogens is 3. The van der Waals surface area contributed by atoms with E-state index in [0.717, 1.165) is 88.4 Å². The molecule has 1 aromatic heterocycles. The molecule has 2 aromatic carbocycles. The van der Waals surface area contributed by atoms with E-state index in [1.165, 1.54) is 11.6 Å². The van der Waals surface area contributed by atoms with Gasteiger partial charge in [0.2, 0.25) is 5.82 Å². The topological polar surface area (TPSA) is 79.5 Å². The third-order valence-corrected chi connectivity index (χ3v) is 10.2. The van der Waals surface area contributed by atoms with E-state index >= 15 is 0 Å². The Kier molecular flexibility index (Phi) is 6.30. The largest absolute Gasteiger partial charge is 0.481 e. The van der Waals surface area contributed by atoms with Crippen molar-refractivity contribution < 1.29 is 27.6 Å². The maximum Gasteiger partial charge on any atom is 0.416 e. The van der Waals surface area contributed by atoms with Gasteiger partial charge in [-0.2, -0.15) is 18.2 Å². The zero-order valence-electron chi connectivity index (χ0n) is 23.0. The number of carboxylic acids is 1. The number of carboxylic acid groups (broad SMARTS) is 1. The molecule has 2 saturated carbocycles. The number of aromatic nitrogens is 2. The average Bonchev–Trinajstić information content (AvgIpc) is 3.27. The zero-order valence-corrected chi connectivity index (χ0v) is 23.0. The summed E-state index contributed by atoms with van der Waals surface area (Å²) in [6, 6.07) is 10.5. The first kappa shape index (κ1) is 26.7. The number of alkyl halides is 3. The van der Waals surface area contributed by atoms with Crippen molar-refractivity contribution in [1.29, 1.82) is 0 Å². The zero-order chi connectivity index (χ0) is 28.4. The number of carbonyl (C=O) groups is 1. The Morgan fingerprint density at radius 1 is 1.07 bits per heavy atom. The predicted molar refractivity (Wildman–Crippen MR) is 146 cm³/mol. The summed E-state index contributed by atoms with van der Waals surface area (Å²) in [6.07, 6.45) is 4.40. The van der Waals surface area contributed by atoms with Crippen LogP contribution >= 0.6 is 0 Å². The number of rotatable bonds is 6. The summed E-state index contributed by atoms with van der Waals surface area (Å²) >= 11 is 0. The minimum atomic E-state index is -4.46. The van der Waals surface area contributed by atoms with E-state index in [4.69, 9.17) is 4.52 Å². The fraction of sp³-hybridized carbons (Fsp3) is 0.531. The standard InChI is InChI=1S/C32H34F3N3O3/c33-32(34,35)26-17-21(9-10-22(26)20-5-2-1-3-6-20)28-36-27(37-41-28)24-7-4-8-25-23(24)11-12-30(25)15-16-38(18-30)19-31(13-14-31)29(39)40/h4,7-10,17,20H,1-3,5-6,11-16,18-19H2,(H,39,40). The van der Waals surface area contributed by atoms with Gasteiger partial charge in [-0.05, 0) is 86.2 Å². The maximum atomic E-state index is 14.1. The van der Waals surface area contributed by atoms with Gasteiger partial charge in [0.1, 0.15) is 0 Å². The van der Waals surface area contributed by atoms with Crippen molar-refractivity contribution in [3.05, 3.63) is 58.7 Å². The summed E-state index contributed by atoms with van der Waals surface area (Å²) in [7, 11) is 0. The Morgan fingerprint density at radius 2 is 1.88 bits per heavy atom. The van der Waals surface area contributed by atoms with Crippen molar-refractivity contribution in [2.24, 2.45) is 5.41 Å². The molecule has 41 heavy (non-hydrogen) atoms. The van der Waals surface area contributed by atoms with E-state index in [9.17, 15) is 23.1 Å². The smallest absolute Gasteiger partial charge is 0.416 e. The Labute approximate surface area is 236 Å². The lowest BCUT2D eigenvalue weighted by Crippen LogP contribution is -2.35. The van der Waals surface area contributed by atoms with E-state index in [2.05, 4.69) is 21.1 Å². The number of hydrogen-bond acceptors (Lipinski definition) is 5. The van der Waals surface area contributed by atoms with Gasteiger partial charge < -0.3 is 14.5 Å². The lowest BCUT2D eigenvalue weighted by atomic mass is 9.81. The second-order valence-corrected chi connectivity index (χ2v) is 12.7. The average molecular weight is 566 g/mol. The molecule has 4 aliphatic rings. The Hall–Kier alpha value is -3.20. The molecule has 9 heteroatoms. The molecule has 216 valence electrons. The third-order valence-electron chi connectivity index (χ3n) is 10.2. The molecule has 0 bridgehead atoms. The number of likely N-dealkylation sites (tertiary alicyclic amines) is 1. The van der Waals surface area contributed by atoms with Crippen molar-refractivity contribution in [3.8, 4) is 22.8 Å². The fourth-order valence-corrected chi connectivity index (χ4v) is 7.75. The first-order valence-corrected chi connectivity index (χ1v) is 14.8. The van der Waals surface area contributed by atoms with Gasteiger partial charge >= 0.3 is 12.1 Å².